The lowest BCUT2D eigenvalue weighted by Gasteiger charge is -2.09. The summed E-state index contributed by atoms with van der Waals surface area (Å²) < 4.78 is 1.83. The van der Waals surface area contributed by atoms with Crippen molar-refractivity contribution in [1.82, 2.24) is 19.6 Å². The van der Waals surface area contributed by atoms with Gasteiger partial charge in [-0.2, -0.15) is 9.61 Å². The fourth-order valence-electron chi connectivity index (χ4n) is 2.20. The monoisotopic (exact) mass is 267 g/mol. The van der Waals surface area contributed by atoms with Crippen molar-refractivity contribution in [2.75, 3.05) is 5.32 Å². The van der Waals surface area contributed by atoms with Gasteiger partial charge in [0.1, 0.15) is 5.82 Å². The summed E-state index contributed by atoms with van der Waals surface area (Å²) in [6, 6.07) is 6.07. The van der Waals surface area contributed by atoms with Gasteiger partial charge in [-0.3, -0.25) is 4.98 Å². The highest BCUT2D eigenvalue weighted by Crippen LogP contribution is 2.15. The molecule has 0 aromatic carbocycles. The van der Waals surface area contributed by atoms with Crippen LogP contribution in [0.1, 0.15) is 22.5 Å². The molecule has 0 aliphatic heterocycles. The minimum absolute atomic E-state index is 0.666. The van der Waals surface area contributed by atoms with Crippen LogP contribution in [0.15, 0.2) is 30.6 Å². The summed E-state index contributed by atoms with van der Waals surface area (Å²) in [6.45, 7) is 6.74. The molecule has 3 aromatic heterocycles. The van der Waals surface area contributed by atoms with E-state index in [2.05, 4.69) is 33.4 Å². The molecule has 20 heavy (non-hydrogen) atoms. The zero-order valence-corrected chi connectivity index (χ0v) is 11.9. The van der Waals surface area contributed by atoms with Crippen molar-refractivity contribution in [2.45, 2.75) is 27.3 Å². The molecule has 5 heteroatoms. The van der Waals surface area contributed by atoms with Crippen LogP contribution in [0.3, 0.4) is 0 Å². The normalized spacial score (nSPS) is 10.9. The van der Waals surface area contributed by atoms with Crippen LogP contribution in [-0.2, 0) is 6.54 Å². The fraction of sp³-hybridized carbons (Fsp3) is 0.267. The highest BCUT2D eigenvalue weighted by molar-refractivity contribution is 5.53. The molecular weight excluding hydrogens is 250 g/mol. The lowest BCUT2D eigenvalue weighted by molar-refractivity contribution is 0.908. The summed E-state index contributed by atoms with van der Waals surface area (Å²) in [6.07, 6.45) is 3.66. The molecule has 0 radical (unpaired) electrons. The molecule has 0 saturated carbocycles. The summed E-state index contributed by atoms with van der Waals surface area (Å²) in [4.78, 5) is 8.86. The fourth-order valence-corrected chi connectivity index (χ4v) is 2.20. The van der Waals surface area contributed by atoms with Crippen LogP contribution >= 0.6 is 0 Å². The Hall–Kier alpha value is -2.43. The zero-order chi connectivity index (χ0) is 14.1. The second-order valence-electron chi connectivity index (χ2n) is 5.02. The lowest BCUT2D eigenvalue weighted by atomic mass is 10.2. The zero-order valence-electron chi connectivity index (χ0n) is 11.9. The number of pyridine rings is 1. The lowest BCUT2D eigenvalue weighted by Crippen LogP contribution is -2.08. The highest BCUT2D eigenvalue weighted by Gasteiger charge is 2.07. The highest BCUT2D eigenvalue weighted by atomic mass is 15.3. The van der Waals surface area contributed by atoms with Gasteiger partial charge in [0.15, 0.2) is 5.65 Å². The minimum Gasteiger partial charge on any atom is -0.364 e. The third-order valence-electron chi connectivity index (χ3n) is 3.20. The standard InChI is InChI=1S/C15H17N5/c1-10-4-5-16-13(6-10)9-17-14-7-12(3)19-15-11(2)8-18-20(14)15/h4-8,17H,9H2,1-3H3. The average molecular weight is 267 g/mol. The van der Waals surface area contributed by atoms with E-state index in [1.807, 2.05) is 42.9 Å². The molecule has 0 fully saturated rings. The first kappa shape index (κ1) is 12.6. The van der Waals surface area contributed by atoms with Gasteiger partial charge in [-0.05, 0) is 38.5 Å². The van der Waals surface area contributed by atoms with Crippen LogP contribution in [0.2, 0.25) is 0 Å². The van der Waals surface area contributed by atoms with Crippen molar-refractivity contribution >= 4 is 11.5 Å². The van der Waals surface area contributed by atoms with E-state index in [-0.39, 0.29) is 0 Å². The van der Waals surface area contributed by atoms with Gasteiger partial charge in [0.2, 0.25) is 0 Å². The number of anilines is 1. The third-order valence-corrected chi connectivity index (χ3v) is 3.20. The van der Waals surface area contributed by atoms with E-state index in [9.17, 15) is 0 Å². The summed E-state index contributed by atoms with van der Waals surface area (Å²) in [5.74, 6) is 0.934. The number of rotatable bonds is 3. The van der Waals surface area contributed by atoms with Gasteiger partial charge in [-0.25, -0.2) is 4.98 Å². The van der Waals surface area contributed by atoms with Crippen LogP contribution in [0.4, 0.5) is 5.82 Å². The summed E-state index contributed by atoms with van der Waals surface area (Å²) >= 11 is 0. The molecular formula is C15H17N5. The van der Waals surface area contributed by atoms with Crippen LogP contribution in [0.5, 0.6) is 0 Å². The van der Waals surface area contributed by atoms with Gasteiger partial charge in [0.25, 0.3) is 0 Å². The molecule has 3 rings (SSSR count). The van der Waals surface area contributed by atoms with Gasteiger partial charge in [-0.15, -0.1) is 0 Å². The molecule has 0 aliphatic rings. The molecule has 0 aliphatic carbocycles. The van der Waals surface area contributed by atoms with E-state index in [1.165, 1.54) is 5.56 Å². The number of fused-ring (bicyclic) bond motifs is 1. The Labute approximate surface area is 117 Å². The summed E-state index contributed by atoms with van der Waals surface area (Å²) in [5, 5.41) is 7.74. The quantitative estimate of drug-likeness (QED) is 0.792. The number of aryl methyl sites for hydroxylation is 3. The first-order valence-corrected chi connectivity index (χ1v) is 6.61. The molecule has 0 bridgehead atoms. The molecule has 0 unspecified atom stereocenters. The summed E-state index contributed by atoms with van der Waals surface area (Å²) in [5.41, 5.74) is 5.16. The van der Waals surface area contributed by atoms with Crippen LogP contribution in [-0.4, -0.2) is 19.6 Å². The molecule has 3 heterocycles. The topological polar surface area (TPSA) is 55.1 Å². The largest absolute Gasteiger partial charge is 0.364 e. The van der Waals surface area contributed by atoms with E-state index in [0.717, 1.165) is 28.4 Å². The Morgan fingerprint density at radius 3 is 2.85 bits per heavy atom. The molecule has 5 nitrogen and oxygen atoms in total. The Morgan fingerprint density at radius 2 is 2.05 bits per heavy atom. The molecule has 3 aromatic rings. The maximum absolute atomic E-state index is 4.51. The Morgan fingerprint density at radius 1 is 1.20 bits per heavy atom. The molecule has 0 saturated heterocycles. The maximum atomic E-state index is 4.51. The Balaban J connectivity index is 1.91. The van der Waals surface area contributed by atoms with E-state index < -0.39 is 0 Å². The molecule has 0 spiro atoms. The number of hydrogen-bond donors (Lipinski definition) is 1. The van der Waals surface area contributed by atoms with Gasteiger partial charge in [0.05, 0.1) is 18.4 Å². The predicted octanol–water partition coefficient (Wildman–Crippen LogP) is 2.66. The summed E-state index contributed by atoms with van der Waals surface area (Å²) in [7, 11) is 0. The number of nitrogens with zero attached hydrogens (tertiary/aromatic N) is 4. The van der Waals surface area contributed by atoms with Crippen molar-refractivity contribution in [3.8, 4) is 0 Å². The van der Waals surface area contributed by atoms with E-state index in [4.69, 9.17) is 0 Å². The molecule has 0 atom stereocenters. The number of nitrogens with one attached hydrogen (secondary N) is 1. The SMILES string of the molecule is Cc1ccnc(CNc2cc(C)nc3c(C)cnn23)c1. The smallest absolute Gasteiger partial charge is 0.160 e. The van der Waals surface area contributed by atoms with Crippen molar-refractivity contribution in [1.29, 1.82) is 0 Å². The first-order chi connectivity index (χ1) is 9.63. The molecule has 102 valence electrons. The van der Waals surface area contributed by atoms with Crippen molar-refractivity contribution in [2.24, 2.45) is 0 Å². The Kier molecular flexibility index (Phi) is 3.10. The number of hydrogen-bond acceptors (Lipinski definition) is 4. The molecule has 1 N–H and O–H groups in total. The van der Waals surface area contributed by atoms with Gasteiger partial charge in [-0.1, -0.05) is 0 Å². The van der Waals surface area contributed by atoms with E-state index in [0.29, 0.717) is 6.54 Å². The molecule has 0 amide bonds. The van der Waals surface area contributed by atoms with E-state index >= 15 is 0 Å². The number of aromatic nitrogens is 4. The van der Waals surface area contributed by atoms with Crippen molar-refractivity contribution < 1.29 is 0 Å². The van der Waals surface area contributed by atoms with Crippen LogP contribution < -0.4 is 5.32 Å². The van der Waals surface area contributed by atoms with Crippen molar-refractivity contribution in [3.63, 3.8) is 0 Å². The Bertz CT molecular complexity index is 760. The van der Waals surface area contributed by atoms with Crippen LogP contribution in [0.25, 0.3) is 5.65 Å². The second kappa shape index (κ2) is 4.92. The van der Waals surface area contributed by atoms with E-state index in [1.54, 1.807) is 0 Å². The van der Waals surface area contributed by atoms with Gasteiger partial charge >= 0.3 is 0 Å². The average Bonchev–Trinajstić information content (AvgIpc) is 2.78. The first-order valence-electron chi connectivity index (χ1n) is 6.61. The van der Waals surface area contributed by atoms with Crippen LogP contribution in [0, 0.1) is 20.8 Å². The second-order valence-corrected chi connectivity index (χ2v) is 5.02. The van der Waals surface area contributed by atoms with Gasteiger partial charge < -0.3 is 5.32 Å². The van der Waals surface area contributed by atoms with Crippen molar-refractivity contribution in [3.05, 3.63) is 53.1 Å². The maximum Gasteiger partial charge on any atom is 0.160 e. The van der Waals surface area contributed by atoms with Gasteiger partial charge in [0, 0.05) is 23.5 Å². The third kappa shape index (κ3) is 2.34. The minimum atomic E-state index is 0.666. The predicted molar refractivity (Wildman–Crippen MR) is 78.8 cm³/mol.